The summed E-state index contributed by atoms with van der Waals surface area (Å²) >= 11 is 0. The number of carbonyl (C=O) groups excluding carboxylic acids is 1. The minimum absolute atomic E-state index is 0.153. The van der Waals surface area contributed by atoms with E-state index in [9.17, 15) is 4.79 Å². The number of amides is 1. The summed E-state index contributed by atoms with van der Waals surface area (Å²) in [6.07, 6.45) is 0.948. The molecule has 144 valence electrons. The molecule has 1 aliphatic rings. The molecule has 2 aromatic rings. The van der Waals surface area contributed by atoms with Crippen LogP contribution in [0.5, 0.6) is 11.5 Å². The average molecular weight is 368 g/mol. The molecule has 0 aromatic heterocycles. The second-order valence-electron chi connectivity index (χ2n) is 7.16. The van der Waals surface area contributed by atoms with E-state index in [1.54, 1.807) is 0 Å². The van der Waals surface area contributed by atoms with Gasteiger partial charge in [-0.15, -0.1) is 0 Å². The van der Waals surface area contributed by atoms with Gasteiger partial charge in [0.05, 0.1) is 6.54 Å². The fourth-order valence-electron chi connectivity index (χ4n) is 3.21. The smallest absolute Gasteiger partial charge is 0.237 e. The van der Waals surface area contributed by atoms with Gasteiger partial charge in [0, 0.05) is 19.6 Å². The monoisotopic (exact) mass is 368 g/mol. The molecule has 0 saturated heterocycles. The minimum atomic E-state index is 0.153. The van der Waals surface area contributed by atoms with E-state index < -0.39 is 0 Å². The highest BCUT2D eigenvalue weighted by Gasteiger charge is 2.17. The Kier molecular flexibility index (Phi) is 6.35. The second kappa shape index (κ2) is 8.91. The van der Waals surface area contributed by atoms with E-state index in [0.29, 0.717) is 19.6 Å². The van der Waals surface area contributed by atoms with E-state index in [4.69, 9.17) is 9.47 Å². The number of fused-ring (bicyclic) bond motifs is 1. The van der Waals surface area contributed by atoms with Crippen LogP contribution in [-0.2, 0) is 17.9 Å². The molecule has 27 heavy (non-hydrogen) atoms. The second-order valence-corrected chi connectivity index (χ2v) is 7.16. The molecule has 0 spiro atoms. The van der Waals surface area contributed by atoms with E-state index in [2.05, 4.69) is 38.1 Å². The third kappa shape index (κ3) is 5.23. The van der Waals surface area contributed by atoms with Gasteiger partial charge in [-0.1, -0.05) is 42.8 Å². The number of nitrogens with zero attached hydrogens (tertiary/aromatic N) is 2. The molecule has 0 radical (unpaired) electrons. The van der Waals surface area contributed by atoms with Crippen molar-refractivity contribution in [3.8, 4) is 11.5 Å². The van der Waals surface area contributed by atoms with Gasteiger partial charge in [-0.05, 0) is 43.7 Å². The summed E-state index contributed by atoms with van der Waals surface area (Å²) in [5.74, 6) is 1.71. The Hall–Kier alpha value is -2.53. The Bertz CT molecular complexity index is 774. The largest absolute Gasteiger partial charge is 0.454 e. The first-order valence-corrected chi connectivity index (χ1v) is 9.45. The predicted octanol–water partition coefficient (Wildman–Crippen LogP) is 3.59. The molecule has 0 N–H and O–H groups in total. The van der Waals surface area contributed by atoms with E-state index in [1.165, 1.54) is 11.1 Å². The molecular formula is C22H28N2O3. The van der Waals surface area contributed by atoms with Crippen molar-refractivity contribution in [2.24, 2.45) is 0 Å². The number of ether oxygens (including phenoxy) is 2. The highest BCUT2D eigenvalue weighted by molar-refractivity contribution is 5.78. The summed E-state index contributed by atoms with van der Waals surface area (Å²) in [6.45, 7) is 6.95. The summed E-state index contributed by atoms with van der Waals surface area (Å²) in [4.78, 5) is 16.8. The van der Waals surface area contributed by atoms with Crippen LogP contribution in [0.3, 0.4) is 0 Å². The molecule has 0 bridgehead atoms. The predicted molar refractivity (Wildman–Crippen MR) is 106 cm³/mol. The lowest BCUT2D eigenvalue weighted by Crippen LogP contribution is -2.38. The van der Waals surface area contributed by atoms with Gasteiger partial charge in [0.25, 0.3) is 0 Å². The standard InChI is InChI=1S/C22H28N2O3/c1-4-11-24(14-18-7-5-17(2)6-8-18)22(25)15-23(3)13-19-9-10-20-21(12-19)27-16-26-20/h5-10,12H,4,11,13-16H2,1-3H3. The number of rotatable bonds is 8. The maximum Gasteiger partial charge on any atom is 0.237 e. The SMILES string of the molecule is CCCN(Cc1ccc(C)cc1)C(=O)CN(C)Cc1ccc2c(c1)OCO2. The average Bonchev–Trinajstić information content (AvgIpc) is 3.10. The number of aryl methyl sites for hydroxylation is 1. The Labute approximate surface area is 161 Å². The number of benzene rings is 2. The molecule has 2 aromatic carbocycles. The molecule has 3 rings (SSSR count). The Morgan fingerprint density at radius 3 is 2.44 bits per heavy atom. The lowest BCUT2D eigenvalue weighted by atomic mass is 10.1. The molecule has 5 nitrogen and oxygen atoms in total. The summed E-state index contributed by atoms with van der Waals surface area (Å²) < 4.78 is 10.8. The van der Waals surface area contributed by atoms with E-state index in [-0.39, 0.29) is 12.7 Å². The number of hydrogen-bond acceptors (Lipinski definition) is 4. The zero-order chi connectivity index (χ0) is 19.2. The Morgan fingerprint density at radius 1 is 1.00 bits per heavy atom. The maximum absolute atomic E-state index is 12.8. The van der Waals surface area contributed by atoms with Crippen LogP contribution in [0, 0.1) is 6.92 Å². The zero-order valence-corrected chi connectivity index (χ0v) is 16.4. The maximum atomic E-state index is 12.8. The van der Waals surface area contributed by atoms with E-state index >= 15 is 0 Å². The van der Waals surface area contributed by atoms with Crippen molar-refractivity contribution in [3.05, 3.63) is 59.2 Å². The van der Waals surface area contributed by atoms with Gasteiger partial charge in [-0.25, -0.2) is 0 Å². The first kappa shape index (κ1) is 19.2. The molecular weight excluding hydrogens is 340 g/mol. The van der Waals surface area contributed by atoms with Crippen LogP contribution < -0.4 is 9.47 Å². The number of hydrogen-bond donors (Lipinski definition) is 0. The molecule has 0 atom stereocenters. The van der Waals surface area contributed by atoms with E-state index in [1.807, 2.05) is 35.0 Å². The fraction of sp³-hybridized carbons (Fsp3) is 0.409. The molecule has 1 aliphatic heterocycles. The van der Waals surface area contributed by atoms with Gasteiger partial charge in [0.2, 0.25) is 12.7 Å². The number of likely N-dealkylation sites (N-methyl/N-ethyl adjacent to an activating group) is 1. The zero-order valence-electron chi connectivity index (χ0n) is 16.4. The van der Waals surface area contributed by atoms with Crippen LogP contribution in [0.15, 0.2) is 42.5 Å². The lowest BCUT2D eigenvalue weighted by molar-refractivity contribution is -0.132. The number of carbonyl (C=O) groups is 1. The molecule has 1 amide bonds. The lowest BCUT2D eigenvalue weighted by Gasteiger charge is -2.25. The van der Waals surface area contributed by atoms with Crippen LogP contribution >= 0.6 is 0 Å². The van der Waals surface area contributed by atoms with Gasteiger partial charge in [-0.3, -0.25) is 9.69 Å². The van der Waals surface area contributed by atoms with Crippen molar-refractivity contribution < 1.29 is 14.3 Å². The van der Waals surface area contributed by atoms with E-state index in [0.717, 1.165) is 30.0 Å². The third-order valence-electron chi connectivity index (χ3n) is 4.63. The first-order chi connectivity index (χ1) is 13.0. The van der Waals surface area contributed by atoms with Gasteiger partial charge in [-0.2, -0.15) is 0 Å². The van der Waals surface area contributed by atoms with Crippen molar-refractivity contribution >= 4 is 5.91 Å². The van der Waals surface area contributed by atoms with Gasteiger partial charge in [0.1, 0.15) is 0 Å². The summed E-state index contributed by atoms with van der Waals surface area (Å²) in [5, 5.41) is 0. The topological polar surface area (TPSA) is 42.0 Å². The third-order valence-corrected chi connectivity index (χ3v) is 4.63. The van der Waals surface area contributed by atoms with Crippen molar-refractivity contribution in [1.82, 2.24) is 9.80 Å². The summed E-state index contributed by atoms with van der Waals surface area (Å²) in [7, 11) is 1.97. The van der Waals surface area contributed by atoms with Crippen molar-refractivity contribution in [3.63, 3.8) is 0 Å². The minimum Gasteiger partial charge on any atom is -0.454 e. The molecule has 0 aliphatic carbocycles. The van der Waals surface area contributed by atoms with Gasteiger partial charge < -0.3 is 14.4 Å². The molecule has 0 saturated carbocycles. The van der Waals surface area contributed by atoms with Gasteiger partial charge in [0.15, 0.2) is 11.5 Å². The van der Waals surface area contributed by atoms with Crippen molar-refractivity contribution in [1.29, 1.82) is 0 Å². The van der Waals surface area contributed by atoms with Crippen molar-refractivity contribution in [2.75, 3.05) is 26.9 Å². The highest BCUT2D eigenvalue weighted by Crippen LogP contribution is 2.32. The molecule has 0 unspecified atom stereocenters. The fourth-order valence-corrected chi connectivity index (χ4v) is 3.21. The first-order valence-electron chi connectivity index (χ1n) is 9.45. The highest BCUT2D eigenvalue weighted by atomic mass is 16.7. The van der Waals surface area contributed by atoms with Gasteiger partial charge >= 0.3 is 0 Å². The van der Waals surface area contributed by atoms with Crippen LogP contribution in [0.25, 0.3) is 0 Å². The van der Waals surface area contributed by atoms with Crippen LogP contribution in [0.2, 0.25) is 0 Å². The summed E-state index contributed by atoms with van der Waals surface area (Å²) in [5.41, 5.74) is 3.51. The normalized spacial score (nSPS) is 12.4. The van der Waals surface area contributed by atoms with Crippen LogP contribution in [0.4, 0.5) is 0 Å². The van der Waals surface area contributed by atoms with Crippen LogP contribution in [0.1, 0.15) is 30.0 Å². The summed E-state index contributed by atoms with van der Waals surface area (Å²) in [6, 6.07) is 14.3. The van der Waals surface area contributed by atoms with Crippen molar-refractivity contribution in [2.45, 2.75) is 33.4 Å². The molecule has 1 heterocycles. The Balaban J connectivity index is 1.58. The van der Waals surface area contributed by atoms with Crippen LogP contribution in [-0.4, -0.2) is 42.6 Å². The quantitative estimate of drug-likeness (QED) is 0.714. The molecule has 5 heteroatoms. The Morgan fingerprint density at radius 2 is 1.70 bits per heavy atom. The molecule has 0 fully saturated rings.